The van der Waals surface area contributed by atoms with Crippen LogP contribution in [0.1, 0.15) is 18.7 Å². The SMILES string of the molecule is CC(N)c1ccnnn1. The monoisotopic (exact) mass is 124 g/mol. The van der Waals surface area contributed by atoms with Crippen LogP contribution in [0.5, 0.6) is 0 Å². The molecule has 0 bridgehead atoms. The summed E-state index contributed by atoms with van der Waals surface area (Å²) in [6.07, 6.45) is 1.58. The van der Waals surface area contributed by atoms with Gasteiger partial charge in [0.2, 0.25) is 0 Å². The van der Waals surface area contributed by atoms with Crippen molar-refractivity contribution in [2.24, 2.45) is 5.73 Å². The predicted octanol–water partition coefficient (Wildman–Crippen LogP) is -0.109. The number of hydrogen-bond acceptors (Lipinski definition) is 4. The third kappa shape index (κ3) is 1.43. The second kappa shape index (κ2) is 2.50. The minimum absolute atomic E-state index is 0.0551. The van der Waals surface area contributed by atoms with Gasteiger partial charge in [-0.3, -0.25) is 0 Å². The molecule has 4 nitrogen and oxygen atoms in total. The molecular formula is C5H8N4. The Morgan fingerprint density at radius 1 is 1.67 bits per heavy atom. The van der Waals surface area contributed by atoms with E-state index in [1.54, 1.807) is 12.3 Å². The first kappa shape index (κ1) is 6.10. The molecule has 1 atom stereocenters. The lowest BCUT2D eigenvalue weighted by Gasteiger charge is -1.98. The summed E-state index contributed by atoms with van der Waals surface area (Å²) < 4.78 is 0. The van der Waals surface area contributed by atoms with Crippen LogP contribution in [0.4, 0.5) is 0 Å². The molecule has 9 heavy (non-hydrogen) atoms. The van der Waals surface area contributed by atoms with Crippen LogP contribution in [0.15, 0.2) is 12.3 Å². The summed E-state index contributed by atoms with van der Waals surface area (Å²) in [5.41, 5.74) is 6.25. The zero-order valence-corrected chi connectivity index (χ0v) is 5.15. The highest BCUT2D eigenvalue weighted by atomic mass is 15.3. The Morgan fingerprint density at radius 3 is 2.78 bits per heavy atom. The van der Waals surface area contributed by atoms with Gasteiger partial charge in [0.15, 0.2) is 0 Å². The fraction of sp³-hybridized carbons (Fsp3) is 0.400. The molecule has 0 spiro atoms. The molecular weight excluding hydrogens is 116 g/mol. The van der Waals surface area contributed by atoms with Crippen molar-refractivity contribution >= 4 is 0 Å². The Kier molecular flexibility index (Phi) is 1.69. The molecule has 0 fully saturated rings. The van der Waals surface area contributed by atoms with E-state index in [9.17, 15) is 0 Å². The summed E-state index contributed by atoms with van der Waals surface area (Å²) in [5, 5.41) is 10.6. The highest BCUT2D eigenvalue weighted by Crippen LogP contribution is 1.99. The average molecular weight is 124 g/mol. The average Bonchev–Trinajstić information content (AvgIpc) is 1.90. The van der Waals surface area contributed by atoms with E-state index >= 15 is 0 Å². The van der Waals surface area contributed by atoms with E-state index in [0.29, 0.717) is 0 Å². The highest BCUT2D eigenvalue weighted by molar-refractivity contribution is 4.99. The number of nitrogens with zero attached hydrogens (tertiary/aromatic N) is 3. The lowest BCUT2D eigenvalue weighted by Crippen LogP contribution is -2.08. The van der Waals surface area contributed by atoms with E-state index in [1.165, 1.54) is 0 Å². The minimum Gasteiger partial charge on any atom is -0.323 e. The Morgan fingerprint density at radius 2 is 2.44 bits per heavy atom. The molecule has 0 saturated heterocycles. The zero-order chi connectivity index (χ0) is 6.69. The quantitative estimate of drug-likeness (QED) is 0.567. The van der Waals surface area contributed by atoms with Crippen molar-refractivity contribution in [1.82, 2.24) is 15.4 Å². The fourth-order valence-corrected chi connectivity index (χ4v) is 0.493. The summed E-state index contributed by atoms with van der Waals surface area (Å²) in [4.78, 5) is 0. The molecule has 1 aromatic heterocycles. The normalized spacial score (nSPS) is 13.1. The third-order valence-corrected chi connectivity index (χ3v) is 0.990. The maximum atomic E-state index is 5.48. The maximum Gasteiger partial charge on any atom is 0.0829 e. The Bertz CT molecular complexity index is 172. The molecule has 0 aliphatic rings. The minimum atomic E-state index is -0.0551. The van der Waals surface area contributed by atoms with Gasteiger partial charge in [-0.25, -0.2) is 0 Å². The summed E-state index contributed by atoms with van der Waals surface area (Å²) in [7, 11) is 0. The van der Waals surface area contributed by atoms with Crippen molar-refractivity contribution in [2.75, 3.05) is 0 Å². The summed E-state index contributed by atoms with van der Waals surface area (Å²) in [5.74, 6) is 0. The second-order valence-corrected chi connectivity index (χ2v) is 1.83. The van der Waals surface area contributed by atoms with Gasteiger partial charge in [0.25, 0.3) is 0 Å². The van der Waals surface area contributed by atoms with Crippen LogP contribution in [-0.2, 0) is 0 Å². The largest absolute Gasteiger partial charge is 0.323 e. The Labute approximate surface area is 53.1 Å². The molecule has 0 aliphatic carbocycles. The van der Waals surface area contributed by atoms with E-state index in [1.807, 2.05) is 6.92 Å². The van der Waals surface area contributed by atoms with E-state index < -0.39 is 0 Å². The van der Waals surface area contributed by atoms with Crippen LogP contribution < -0.4 is 5.73 Å². The van der Waals surface area contributed by atoms with Crippen molar-refractivity contribution < 1.29 is 0 Å². The molecule has 0 radical (unpaired) electrons. The van der Waals surface area contributed by atoms with Crippen molar-refractivity contribution in [3.8, 4) is 0 Å². The van der Waals surface area contributed by atoms with Gasteiger partial charge in [0.05, 0.1) is 11.9 Å². The van der Waals surface area contributed by atoms with Gasteiger partial charge in [0.1, 0.15) is 0 Å². The molecule has 1 rings (SSSR count). The first-order valence-electron chi connectivity index (χ1n) is 2.70. The number of rotatable bonds is 1. The van der Waals surface area contributed by atoms with E-state index in [4.69, 9.17) is 5.73 Å². The Hall–Kier alpha value is -1.03. The van der Waals surface area contributed by atoms with Gasteiger partial charge in [-0.15, -0.1) is 10.2 Å². The van der Waals surface area contributed by atoms with Crippen molar-refractivity contribution in [3.05, 3.63) is 18.0 Å². The van der Waals surface area contributed by atoms with Crippen LogP contribution >= 0.6 is 0 Å². The van der Waals surface area contributed by atoms with Crippen molar-refractivity contribution in [2.45, 2.75) is 13.0 Å². The first-order valence-corrected chi connectivity index (χ1v) is 2.70. The predicted molar refractivity (Wildman–Crippen MR) is 32.4 cm³/mol. The van der Waals surface area contributed by atoms with Crippen LogP contribution in [0, 0.1) is 0 Å². The maximum absolute atomic E-state index is 5.48. The molecule has 0 amide bonds. The van der Waals surface area contributed by atoms with Gasteiger partial charge < -0.3 is 5.73 Å². The molecule has 4 heteroatoms. The fourth-order valence-electron chi connectivity index (χ4n) is 0.493. The summed E-state index contributed by atoms with van der Waals surface area (Å²) >= 11 is 0. The van der Waals surface area contributed by atoms with Crippen LogP contribution in [0.2, 0.25) is 0 Å². The first-order chi connectivity index (χ1) is 4.30. The summed E-state index contributed by atoms with van der Waals surface area (Å²) in [6, 6.07) is 1.69. The Balaban J connectivity index is 2.85. The van der Waals surface area contributed by atoms with Gasteiger partial charge in [-0.05, 0) is 18.2 Å². The van der Waals surface area contributed by atoms with Gasteiger partial charge in [-0.1, -0.05) is 0 Å². The molecule has 2 N–H and O–H groups in total. The van der Waals surface area contributed by atoms with Gasteiger partial charge >= 0.3 is 0 Å². The second-order valence-electron chi connectivity index (χ2n) is 1.83. The highest BCUT2D eigenvalue weighted by Gasteiger charge is 1.97. The molecule has 0 aromatic carbocycles. The lowest BCUT2D eigenvalue weighted by atomic mass is 10.2. The van der Waals surface area contributed by atoms with Crippen LogP contribution in [0.3, 0.4) is 0 Å². The van der Waals surface area contributed by atoms with E-state index in [-0.39, 0.29) is 6.04 Å². The van der Waals surface area contributed by atoms with Crippen molar-refractivity contribution in [1.29, 1.82) is 0 Å². The molecule has 1 unspecified atom stereocenters. The smallest absolute Gasteiger partial charge is 0.0829 e. The van der Waals surface area contributed by atoms with Crippen LogP contribution in [-0.4, -0.2) is 15.4 Å². The molecule has 0 saturated carbocycles. The van der Waals surface area contributed by atoms with E-state index in [2.05, 4.69) is 15.4 Å². The van der Waals surface area contributed by atoms with Gasteiger partial charge in [-0.2, -0.15) is 0 Å². The number of aromatic nitrogens is 3. The summed E-state index contributed by atoms with van der Waals surface area (Å²) in [6.45, 7) is 1.85. The standard InChI is InChI=1S/C5H8N4/c1-4(6)5-2-3-7-9-8-5/h2-4H,6H2,1H3. The topological polar surface area (TPSA) is 64.7 Å². The van der Waals surface area contributed by atoms with E-state index in [0.717, 1.165) is 5.69 Å². The molecule has 1 aromatic rings. The molecule has 0 aliphatic heterocycles. The van der Waals surface area contributed by atoms with Gasteiger partial charge in [0, 0.05) is 6.04 Å². The molecule has 1 heterocycles. The van der Waals surface area contributed by atoms with Crippen LogP contribution in [0.25, 0.3) is 0 Å². The third-order valence-electron chi connectivity index (χ3n) is 0.990. The number of hydrogen-bond donors (Lipinski definition) is 1. The lowest BCUT2D eigenvalue weighted by molar-refractivity contribution is 0.718. The molecule has 48 valence electrons. The zero-order valence-electron chi connectivity index (χ0n) is 5.15. The van der Waals surface area contributed by atoms with Crippen molar-refractivity contribution in [3.63, 3.8) is 0 Å². The number of nitrogens with two attached hydrogens (primary N) is 1.